The summed E-state index contributed by atoms with van der Waals surface area (Å²) in [6.45, 7) is 6.30. The third-order valence-electron chi connectivity index (χ3n) is 5.18. The van der Waals surface area contributed by atoms with Gasteiger partial charge in [0.05, 0.1) is 22.1 Å². The highest BCUT2D eigenvalue weighted by atomic mass is 32.2. The Morgan fingerprint density at radius 3 is 2.21 bits per heavy atom. The SMILES string of the molecule is CC(C)(C)c1ccc(S(=O)(=O)NCc2ccc(C(=O)OCc3ccccc3C#N)cc2)cc1. The first-order valence-corrected chi connectivity index (χ1v) is 11.9. The number of nitriles is 1. The van der Waals surface area contributed by atoms with Crippen LogP contribution in [0.25, 0.3) is 0 Å². The van der Waals surface area contributed by atoms with Gasteiger partial charge in [-0.25, -0.2) is 17.9 Å². The third kappa shape index (κ3) is 6.28. The molecule has 0 aliphatic heterocycles. The number of esters is 1. The quantitative estimate of drug-likeness (QED) is 0.514. The molecule has 7 heteroatoms. The van der Waals surface area contributed by atoms with E-state index >= 15 is 0 Å². The Labute approximate surface area is 194 Å². The first-order valence-electron chi connectivity index (χ1n) is 10.4. The number of nitrogens with one attached hydrogen (secondary N) is 1. The summed E-state index contributed by atoms with van der Waals surface area (Å²) in [5.74, 6) is -0.520. The number of sulfonamides is 1. The summed E-state index contributed by atoms with van der Waals surface area (Å²) in [7, 11) is -3.66. The second-order valence-electron chi connectivity index (χ2n) is 8.64. The average molecular weight is 463 g/mol. The molecule has 3 aromatic rings. The lowest BCUT2D eigenvalue weighted by Crippen LogP contribution is -2.23. The van der Waals surface area contributed by atoms with Crippen molar-refractivity contribution in [3.63, 3.8) is 0 Å². The molecule has 0 fully saturated rings. The molecule has 6 nitrogen and oxygen atoms in total. The predicted molar refractivity (Wildman–Crippen MR) is 126 cm³/mol. The van der Waals surface area contributed by atoms with Gasteiger partial charge in [-0.05, 0) is 46.9 Å². The van der Waals surface area contributed by atoms with Crippen LogP contribution in [0, 0.1) is 11.3 Å². The fraction of sp³-hybridized carbons (Fsp3) is 0.231. The first kappa shape index (κ1) is 24.2. The van der Waals surface area contributed by atoms with Crippen molar-refractivity contribution in [2.75, 3.05) is 0 Å². The minimum absolute atomic E-state index is 0.00186. The lowest BCUT2D eigenvalue weighted by atomic mass is 9.87. The lowest BCUT2D eigenvalue weighted by Gasteiger charge is -2.19. The molecule has 33 heavy (non-hydrogen) atoms. The van der Waals surface area contributed by atoms with Gasteiger partial charge >= 0.3 is 5.97 Å². The van der Waals surface area contributed by atoms with Crippen molar-refractivity contribution in [3.8, 4) is 6.07 Å². The third-order valence-corrected chi connectivity index (χ3v) is 6.60. The van der Waals surface area contributed by atoms with Gasteiger partial charge in [0.15, 0.2) is 0 Å². The second kappa shape index (κ2) is 9.99. The van der Waals surface area contributed by atoms with Crippen molar-refractivity contribution in [1.29, 1.82) is 5.26 Å². The summed E-state index contributed by atoms with van der Waals surface area (Å²) in [5.41, 5.74) is 3.14. The maximum Gasteiger partial charge on any atom is 0.338 e. The number of carbonyl (C=O) groups excluding carboxylic acids is 1. The molecule has 0 aliphatic carbocycles. The molecule has 0 aliphatic rings. The second-order valence-corrected chi connectivity index (χ2v) is 10.4. The van der Waals surface area contributed by atoms with Gasteiger partial charge in [-0.1, -0.05) is 63.2 Å². The van der Waals surface area contributed by atoms with Gasteiger partial charge in [-0.3, -0.25) is 0 Å². The van der Waals surface area contributed by atoms with Gasteiger partial charge in [0.2, 0.25) is 10.0 Å². The summed E-state index contributed by atoms with van der Waals surface area (Å²) in [4.78, 5) is 12.5. The van der Waals surface area contributed by atoms with Crippen LogP contribution >= 0.6 is 0 Å². The van der Waals surface area contributed by atoms with Gasteiger partial charge in [-0.15, -0.1) is 0 Å². The number of carbonyl (C=O) groups is 1. The zero-order chi connectivity index (χ0) is 24.1. The Hall–Kier alpha value is -3.47. The highest BCUT2D eigenvalue weighted by molar-refractivity contribution is 7.89. The Bertz CT molecular complexity index is 1270. The Balaban J connectivity index is 1.59. The smallest absolute Gasteiger partial charge is 0.338 e. The van der Waals surface area contributed by atoms with Crippen molar-refractivity contribution < 1.29 is 17.9 Å². The minimum Gasteiger partial charge on any atom is -0.457 e. The van der Waals surface area contributed by atoms with Crippen molar-refractivity contribution in [3.05, 3.63) is 101 Å². The predicted octanol–water partition coefficient (Wildman–Crippen LogP) is 4.69. The van der Waals surface area contributed by atoms with Crippen LogP contribution in [0.4, 0.5) is 0 Å². The number of hydrogen-bond acceptors (Lipinski definition) is 5. The first-order chi connectivity index (χ1) is 15.6. The van der Waals surface area contributed by atoms with Gasteiger partial charge in [0, 0.05) is 12.1 Å². The maximum atomic E-state index is 12.6. The van der Waals surface area contributed by atoms with E-state index < -0.39 is 16.0 Å². The van der Waals surface area contributed by atoms with Crippen molar-refractivity contribution in [2.45, 2.75) is 44.2 Å². The van der Waals surface area contributed by atoms with E-state index in [1.54, 1.807) is 60.7 Å². The van der Waals surface area contributed by atoms with Crippen LogP contribution in [-0.2, 0) is 33.3 Å². The summed E-state index contributed by atoms with van der Waals surface area (Å²) >= 11 is 0. The Morgan fingerprint density at radius 2 is 1.61 bits per heavy atom. The number of ether oxygens (including phenoxy) is 1. The molecule has 3 rings (SSSR count). The maximum absolute atomic E-state index is 12.6. The molecule has 0 spiro atoms. The molecule has 0 radical (unpaired) electrons. The molecule has 0 heterocycles. The van der Waals surface area contributed by atoms with Crippen LogP contribution in [0.5, 0.6) is 0 Å². The topological polar surface area (TPSA) is 96.3 Å². The van der Waals surface area contributed by atoms with Crippen molar-refractivity contribution >= 4 is 16.0 Å². The van der Waals surface area contributed by atoms with Crippen LogP contribution in [0.3, 0.4) is 0 Å². The summed E-state index contributed by atoms with van der Waals surface area (Å²) in [5, 5.41) is 9.12. The molecule has 3 aromatic carbocycles. The summed E-state index contributed by atoms with van der Waals surface area (Å²) < 4.78 is 33.1. The van der Waals surface area contributed by atoms with E-state index in [2.05, 4.69) is 31.6 Å². The van der Waals surface area contributed by atoms with Gasteiger partial charge < -0.3 is 4.74 Å². The molecule has 0 saturated carbocycles. The average Bonchev–Trinajstić information content (AvgIpc) is 2.81. The molecule has 0 aromatic heterocycles. The zero-order valence-electron chi connectivity index (χ0n) is 18.8. The molecule has 1 N–H and O–H groups in total. The van der Waals surface area contributed by atoms with E-state index in [1.807, 2.05) is 12.1 Å². The van der Waals surface area contributed by atoms with E-state index in [4.69, 9.17) is 10.00 Å². The number of benzene rings is 3. The van der Waals surface area contributed by atoms with Gasteiger partial charge in [-0.2, -0.15) is 5.26 Å². The van der Waals surface area contributed by atoms with Crippen LogP contribution in [0.1, 0.15) is 53.4 Å². The molecular formula is C26H26N2O4S. The Kier molecular flexibility index (Phi) is 7.32. The van der Waals surface area contributed by atoms with Crippen LogP contribution in [0.15, 0.2) is 77.7 Å². The van der Waals surface area contributed by atoms with Crippen LogP contribution in [0.2, 0.25) is 0 Å². The fourth-order valence-corrected chi connectivity index (χ4v) is 4.15. The number of hydrogen-bond donors (Lipinski definition) is 1. The normalized spacial score (nSPS) is 11.6. The van der Waals surface area contributed by atoms with E-state index in [-0.39, 0.29) is 23.5 Å². The highest BCUT2D eigenvalue weighted by Gasteiger charge is 2.17. The van der Waals surface area contributed by atoms with E-state index in [0.717, 1.165) is 5.56 Å². The fourth-order valence-electron chi connectivity index (χ4n) is 3.14. The summed E-state index contributed by atoms with van der Waals surface area (Å²) in [6, 6.07) is 22.4. The largest absolute Gasteiger partial charge is 0.457 e. The van der Waals surface area contributed by atoms with Crippen LogP contribution < -0.4 is 4.72 Å². The molecule has 0 atom stereocenters. The number of nitrogens with zero attached hydrogens (tertiary/aromatic N) is 1. The Morgan fingerprint density at radius 1 is 0.970 bits per heavy atom. The zero-order valence-corrected chi connectivity index (χ0v) is 19.6. The van der Waals surface area contributed by atoms with Gasteiger partial charge in [0.1, 0.15) is 6.61 Å². The van der Waals surface area contributed by atoms with E-state index in [0.29, 0.717) is 22.3 Å². The molecule has 0 unspecified atom stereocenters. The monoisotopic (exact) mass is 462 g/mol. The molecular weight excluding hydrogens is 436 g/mol. The van der Waals surface area contributed by atoms with Crippen molar-refractivity contribution in [1.82, 2.24) is 4.72 Å². The lowest BCUT2D eigenvalue weighted by molar-refractivity contribution is 0.0472. The van der Waals surface area contributed by atoms with Crippen LogP contribution in [-0.4, -0.2) is 14.4 Å². The van der Waals surface area contributed by atoms with E-state index in [1.165, 1.54) is 0 Å². The standard InChI is InChI=1S/C26H26N2O4S/c1-26(2,3)23-12-14-24(15-13-23)33(30,31)28-17-19-8-10-20(11-9-19)25(29)32-18-22-7-5-4-6-21(22)16-27/h4-15,28H,17-18H2,1-3H3. The van der Waals surface area contributed by atoms with Crippen molar-refractivity contribution in [2.24, 2.45) is 0 Å². The molecule has 0 bridgehead atoms. The van der Waals surface area contributed by atoms with E-state index in [9.17, 15) is 13.2 Å². The molecule has 0 saturated heterocycles. The molecule has 170 valence electrons. The molecule has 0 amide bonds. The minimum atomic E-state index is -3.66. The highest BCUT2D eigenvalue weighted by Crippen LogP contribution is 2.23. The summed E-state index contributed by atoms with van der Waals surface area (Å²) in [6.07, 6.45) is 0. The van der Waals surface area contributed by atoms with Gasteiger partial charge in [0.25, 0.3) is 0 Å². The number of rotatable bonds is 7.